The first kappa shape index (κ1) is 15.8. The fourth-order valence-corrected chi connectivity index (χ4v) is 1.91. The normalized spacial score (nSPS) is 13.2. The molecule has 0 aliphatic rings. The maximum atomic E-state index is 13.0. The van der Waals surface area contributed by atoms with Crippen LogP contribution in [0, 0.1) is 11.7 Å². The molecule has 20 heavy (non-hydrogen) atoms. The van der Waals surface area contributed by atoms with E-state index in [0.717, 1.165) is 7.11 Å². The predicted octanol–water partition coefficient (Wildman–Crippen LogP) is 1.38. The summed E-state index contributed by atoms with van der Waals surface area (Å²) in [4.78, 5) is 34.7. The monoisotopic (exact) mass is 281 g/mol. The van der Waals surface area contributed by atoms with E-state index in [-0.39, 0.29) is 0 Å². The van der Waals surface area contributed by atoms with Gasteiger partial charge in [0.15, 0.2) is 0 Å². The van der Waals surface area contributed by atoms with Gasteiger partial charge in [-0.15, -0.1) is 0 Å². The van der Waals surface area contributed by atoms with Crippen LogP contribution < -0.4 is 5.32 Å². The van der Waals surface area contributed by atoms with Crippen LogP contribution in [-0.2, 0) is 19.1 Å². The molecule has 1 amide bonds. The van der Waals surface area contributed by atoms with Gasteiger partial charge in [-0.2, -0.15) is 0 Å². The third kappa shape index (κ3) is 3.88. The summed E-state index contributed by atoms with van der Waals surface area (Å²) in [5.41, 5.74) is 0.451. The zero-order valence-corrected chi connectivity index (χ0v) is 11.5. The average molecular weight is 281 g/mol. The van der Waals surface area contributed by atoms with Crippen molar-refractivity contribution in [3.8, 4) is 0 Å². The van der Waals surface area contributed by atoms with Crippen LogP contribution >= 0.6 is 0 Å². The second kappa shape index (κ2) is 6.79. The van der Waals surface area contributed by atoms with E-state index in [1.165, 1.54) is 38.1 Å². The van der Waals surface area contributed by atoms with E-state index in [1.807, 2.05) is 0 Å². The number of ether oxygens (including phenoxy) is 1. The number of ketones is 1. The first-order valence-corrected chi connectivity index (χ1v) is 5.97. The van der Waals surface area contributed by atoms with Gasteiger partial charge in [0.1, 0.15) is 17.5 Å². The molecule has 0 unspecified atom stereocenters. The third-order valence-electron chi connectivity index (χ3n) is 2.81. The smallest absolute Gasteiger partial charge is 0.318 e. The Morgan fingerprint density at radius 2 is 1.70 bits per heavy atom. The molecule has 2 atom stereocenters. The number of Topliss-reactive ketones (excluding diaryl/α,β-unsaturated/α-hetero) is 1. The van der Waals surface area contributed by atoms with Crippen LogP contribution in [-0.4, -0.2) is 24.8 Å². The number of nitrogens with one attached hydrogen (secondary N) is 1. The van der Waals surface area contributed by atoms with Crippen LogP contribution in [0.15, 0.2) is 24.3 Å². The Morgan fingerprint density at radius 3 is 2.10 bits per heavy atom. The van der Waals surface area contributed by atoms with Gasteiger partial charge in [0.25, 0.3) is 0 Å². The lowest BCUT2D eigenvalue weighted by molar-refractivity contribution is -0.150. The van der Waals surface area contributed by atoms with Crippen LogP contribution in [0.2, 0.25) is 0 Å². The SMILES string of the molecule is COC(=O)[C@H](C(C)=O)[C@@H](NC(C)=O)c1ccc(F)cc1. The van der Waals surface area contributed by atoms with E-state index < -0.39 is 35.4 Å². The highest BCUT2D eigenvalue weighted by Gasteiger charge is 2.35. The quantitative estimate of drug-likeness (QED) is 0.653. The van der Waals surface area contributed by atoms with Gasteiger partial charge in [-0.25, -0.2) is 4.39 Å². The van der Waals surface area contributed by atoms with Gasteiger partial charge >= 0.3 is 5.97 Å². The van der Waals surface area contributed by atoms with Gasteiger partial charge in [0.2, 0.25) is 5.91 Å². The molecule has 0 aromatic heterocycles. The minimum Gasteiger partial charge on any atom is -0.468 e. The maximum Gasteiger partial charge on any atom is 0.318 e. The number of esters is 1. The number of halogens is 1. The molecular formula is C14H16FNO4. The number of hydrogen-bond acceptors (Lipinski definition) is 4. The average Bonchev–Trinajstić information content (AvgIpc) is 2.37. The van der Waals surface area contributed by atoms with Crippen molar-refractivity contribution < 1.29 is 23.5 Å². The van der Waals surface area contributed by atoms with Crippen molar-refractivity contribution in [2.45, 2.75) is 19.9 Å². The summed E-state index contributed by atoms with van der Waals surface area (Å²) in [5.74, 6) is -3.22. The molecule has 0 spiro atoms. The van der Waals surface area contributed by atoms with E-state index in [9.17, 15) is 18.8 Å². The maximum absolute atomic E-state index is 13.0. The molecule has 0 saturated heterocycles. The van der Waals surface area contributed by atoms with Crippen LogP contribution in [0.5, 0.6) is 0 Å². The number of amides is 1. The largest absolute Gasteiger partial charge is 0.468 e. The van der Waals surface area contributed by atoms with E-state index >= 15 is 0 Å². The zero-order valence-electron chi connectivity index (χ0n) is 11.5. The van der Waals surface area contributed by atoms with Gasteiger partial charge in [0.05, 0.1) is 13.2 Å². The fraction of sp³-hybridized carbons (Fsp3) is 0.357. The zero-order chi connectivity index (χ0) is 15.3. The highest BCUT2D eigenvalue weighted by Crippen LogP contribution is 2.24. The number of carbonyl (C=O) groups is 3. The predicted molar refractivity (Wildman–Crippen MR) is 69.1 cm³/mol. The highest BCUT2D eigenvalue weighted by atomic mass is 19.1. The number of rotatable bonds is 5. The Balaban J connectivity index is 3.21. The summed E-state index contributed by atoms with van der Waals surface area (Å²) in [7, 11) is 1.16. The van der Waals surface area contributed by atoms with Crippen LogP contribution in [0.1, 0.15) is 25.5 Å². The van der Waals surface area contributed by atoms with Gasteiger partial charge in [0, 0.05) is 6.92 Å². The van der Waals surface area contributed by atoms with Gasteiger partial charge in [-0.05, 0) is 24.6 Å². The van der Waals surface area contributed by atoms with Crippen molar-refractivity contribution in [1.29, 1.82) is 0 Å². The first-order chi connectivity index (χ1) is 9.36. The van der Waals surface area contributed by atoms with E-state index in [0.29, 0.717) is 5.56 Å². The molecule has 0 aliphatic heterocycles. The number of carbonyl (C=O) groups excluding carboxylic acids is 3. The molecule has 0 aliphatic carbocycles. The molecule has 1 N–H and O–H groups in total. The lowest BCUT2D eigenvalue weighted by Crippen LogP contribution is -2.39. The number of hydrogen-bond donors (Lipinski definition) is 1. The highest BCUT2D eigenvalue weighted by molar-refractivity contribution is 5.99. The molecule has 0 radical (unpaired) electrons. The van der Waals surface area contributed by atoms with Gasteiger partial charge in [-0.3, -0.25) is 14.4 Å². The Labute approximate surface area is 116 Å². The Morgan fingerprint density at radius 1 is 1.15 bits per heavy atom. The summed E-state index contributed by atoms with van der Waals surface area (Å²) in [5, 5.41) is 2.53. The van der Waals surface area contributed by atoms with Crippen LogP contribution in [0.4, 0.5) is 4.39 Å². The van der Waals surface area contributed by atoms with Crippen molar-refractivity contribution in [2.75, 3.05) is 7.11 Å². The molecule has 1 aromatic carbocycles. The molecule has 1 aromatic rings. The van der Waals surface area contributed by atoms with Gasteiger partial charge < -0.3 is 10.1 Å². The molecule has 0 fully saturated rings. The van der Waals surface area contributed by atoms with Crippen molar-refractivity contribution >= 4 is 17.7 Å². The molecule has 0 heterocycles. The summed E-state index contributed by atoms with van der Waals surface area (Å²) < 4.78 is 17.5. The summed E-state index contributed by atoms with van der Waals surface area (Å²) in [6, 6.07) is 4.32. The van der Waals surface area contributed by atoms with Crippen LogP contribution in [0.3, 0.4) is 0 Å². The van der Waals surface area contributed by atoms with E-state index in [4.69, 9.17) is 0 Å². The lowest BCUT2D eigenvalue weighted by atomic mass is 9.90. The van der Waals surface area contributed by atoms with E-state index in [1.54, 1.807) is 0 Å². The molecule has 6 heteroatoms. The molecule has 0 saturated carbocycles. The Bertz CT molecular complexity index is 512. The minimum atomic E-state index is -1.17. The molecule has 5 nitrogen and oxygen atoms in total. The van der Waals surface area contributed by atoms with Crippen LogP contribution in [0.25, 0.3) is 0 Å². The second-order valence-electron chi connectivity index (χ2n) is 4.34. The lowest BCUT2D eigenvalue weighted by Gasteiger charge is -2.24. The fourth-order valence-electron chi connectivity index (χ4n) is 1.91. The standard InChI is InChI=1S/C14H16FNO4/c1-8(17)12(14(19)20-3)13(16-9(2)18)10-4-6-11(15)7-5-10/h4-7,12-13H,1-3H3,(H,16,18)/t12-,13+/m1/s1. The molecule has 0 bridgehead atoms. The first-order valence-electron chi connectivity index (χ1n) is 5.97. The van der Waals surface area contributed by atoms with Crippen molar-refractivity contribution in [3.05, 3.63) is 35.6 Å². The summed E-state index contributed by atoms with van der Waals surface area (Å²) in [6.07, 6.45) is 0. The Hall–Kier alpha value is -2.24. The topological polar surface area (TPSA) is 72.5 Å². The third-order valence-corrected chi connectivity index (χ3v) is 2.81. The summed E-state index contributed by atoms with van der Waals surface area (Å²) in [6.45, 7) is 2.50. The molecular weight excluding hydrogens is 265 g/mol. The number of methoxy groups -OCH3 is 1. The van der Waals surface area contributed by atoms with E-state index in [2.05, 4.69) is 10.1 Å². The van der Waals surface area contributed by atoms with Crippen molar-refractivity contribution in [1.82, 2.24) is 5.32 Å². The molecule has 108 valence electrons. The van der Waals surface area contributed by atoms with Crippen molar-refractivity contribution in [2.24, 2.45) is 5.92 Å². The summed E-state index contributed by atoms with van der Waals surface area (Å²) >= 11 is 0. The Kier molecular flexibility index (Phi) is 5.37. The van der Waals surface area contributed by atoms with Crippen molar-refractivity contribution in [3.63, 3.8) is 0 Å². The second-order valence-corrected chi connectivity index (χ2v) is 4.34. The van der Waals surface area contributed by atoms with Gasteiger partial charge in [-0.1, -0.05) is 12.1 Å². The minimum absolute atomic E-state index is 0.408. The molecule has 1 rings (SSSR count). The number of benzene rings is 1.